The maximum atomic E-state index is 14.4. The second kappa shape index (κ2) is 8.10. The first-order valence-corrected chi connectivity index (χ1v) is 9.71. The van der Waals surface area contributed by atoms with Gasteiger partial charge >= 0.3 is 0 Å². The van der Waals surface area contributed by atoms with E-state index in [0.29, 0.717) is 12.8 Å². The van der Waals surface area contributed by atoms with E-state index in [-0.39, 0.29) is 11.1 Å². The topological polar surface area (TPSA) is 101 Å². The summed E-state index contributed by atoms with van der Waals surface area (Å²) in [7, 11) is 0. The molecule has 158 valence electrons. The normalized spacial score (nSPS) is 20.0. The van der Waals surface area contributed by atoms with Crippen molar-refractivity contribution in [3.05, 3.63) is 87.7 Å². The summed E-state index contributed by atoms with van der Waals surface area (Å²) in [5.41, 5.74) is -0.690. The van der Waals surface area contributed by atoms with Crippen molar-refractivity contribution in [3.8, 4) is 0 Å². The second-order valence-corrected chi connectivity index (χ2v) is 7.37. The van der Waals surface area contributed by atoms with E-state index >= 15 is 0 Å². The Morgan fingerprint density at radius 2 is 1.61 bits per heavy atom. The molecule has 1 aliphatic carbocycles. The van der Waals surface area contributed by atoms with Crippen LogP contribution in [-0.2, 0) is 16.1 Å². The zero-order valence-corrected chi connectivity index (χ0v) is 16.3. The summed E-state index contributed by atoms with van der Waals surface area (Å²) in [5, 5.41) is 13.0. The Balaban J connectivity index is 1.78. The summed E-state index contributed by atoms with van der Waals surface area (Å²) in [6.07, 6.45) is 4.33. The molecule has 0 N–H and O–H groups in total. The standard InChI is InChI=1S/C22H18FN3O5/c23-18-11-5-1-7-14(18)13-24(20(27)17-10-4-6-12-19(17)26(30)31)25-21(28)15-8-2-3-9-16(15)22(25)29/h1-7,10-12,15-16H,8-9,13H2/t15-,16-/m0/s1. The number of imide groups is 1. The number of nitrogens with zero attached hydrogens (tertiary/aromatic N) is 3. The monoisotopic (exact) mass is 423 g/mol. The van der Waals surface area contributed by atoms with Crippen molar-refractivity contribution in [1.82, 2.24) is 10.0 Å². The number of carbonyl (C=O) groups is 3. The fourth-order valence-corrected chi connectivity index (χ4v) is 3.99. The highest BCUT2D eigenvalue weighted by molar-refractivity contribution is 6.08. The fourth-order valence-electron chi connectivity index (χ4n) is 3.99. The van der Waals surface area contributed by atoms with Crippen molar-refractivity contribution < 1.29 is 23.7 Å². The number of halogens is 1. The van der Waals surface area contributed by atoms with Crippen LogP contribution in [0.1, 0.15) is 28.8 Å². The van der Waals surface area contributed by atoms with Crippen molar-refractivity contribution >= 4 is 23.4 Å². The van der Waals surface area contributed by atoms with Gasteiger partial charge in [-0.3, -0.25) is 24.5 Å². The molecule has 1 aliphatic heterocycles. The van der Waals surface area contributed by atoms with Crippen LogP contribution in [0.5, 0.6) is 0 Å². The van der Waals surface area contributed by atoms with Crippen LogP contribution < -0.4 is 0 Å². The SMILES string of the molecule is O=C(c1ccccc1[N+](=O)[O-])N(Cc1ccccc1F)N1C(=O)[C@H]2CC=CC[C@@H]2C1=O. The number of benzene rings is 2. The van der Waals surface area contributed by atoms with Crippen LogP contribution in [0.25, 0.3) is 0 Å². The van der Waals surface area contributed by atoms with Crippen LogP contribution in [-0.4, -0.2) is 32.7 Å². The number of nitro benzene ring substituents is 1. The summed E-state index contributed by atoms with van der Waals surface area (Å²) in [6.45, 7) is -0.429. The summed E-state index contributed by atoms with van der Waals surface area (Å²) >= 11 is 0. The van der Waals surface area contributed by atoms with Gasteiger partial charge in [-0.2, -0.15) is 5.01 Å². The maximum absolute atomic E-state index is 14.4. The first kappa shape index (κ1) is 20.4. The number of hydrogen-bond donors (Lipinski definition) is 0. The fraction of sp³-hybridized carbons (Fsp3) is 0.227. The van der Waals surface area contributed by atoms with Crippen LogP contribution in [0.2, 0.25) is 0 Å². The lowest BCUT2D eigenvalue weighted by atomic mass is 9.85. The molecule has 1 heterocycles. The Morgan fingerprint density at radius 3 is 2.23 bits per heavy atom. The number of hydrazine groups is 1. The molecule has 0 unspecified atom stereocenters. The zero-order valence-electron chi connectivity index (χ0n) is 16.3. The molecule has 0 spiro atoms. The number of fused-ring (bicyclic) bond motifs is 1. The minimum atomic E-state index is -0.927. The third-order valence-corrected chi connectivity index (χ3v) is 5.57. The lowest BCUT2D eigenvalue weighted by molar-refractivity contribution is -0.385. The number of hydrogen-bond acceptors (Lipinski definition) is 5. The summed E-state index contributed by atoms with van der Waals surface area (Å²) in [4.78, 5) is 50.3. The van der Waals surface area contributed by atoms with E-state index in [1.54, 1.807) is 18.2 Å². The van der Waals surface area contributed by atoms with Crippen LogP contribution >= 0.6 is 0 Å². The van der Waals surface area contributed by atoms with Crippen LogP contribution in [0.3, 0.4) is 0 Å². The molecule has 8 nitrogen and oxygen atoms in total. The smallest absolute Gasteiger partial charge is 0.272 e. The molecule has 2 aromatic rings. The Kier molecular flexibility index (Phi) is 5.33. The Bertz CT molecular complexity index is 1090. The number of nitro groups is 1. The van der Waals surface area contributed by atoms with E-state index in [4.69, 9.17) is 0 Å². The van der Waals surface area contributed by atoms with Gasteiger partial charge in [0.25, 0.3) is 23.4 Å². The van der Waals surface area contributed by atoms with E-state index in [0.717, 1.165) is 16.1 Å². The quantitative estimate of drug-likeness (QED) is 0.318. The van der Waals surface area contributed by atoms with Crippen molar-refractivity contribution in [2.24, 2.45) is 11.8 Å². The maximum Gasteiger partial charge on any atom is 0.282 e. The molecule has 9 heteroatoms. The van der Waals surface area contributed by atoms with Crippen LogP contribution in [0, 0.1) is 27.8 Å². The number of para-hydroxylation sites is 1. The highest BCUT2D eigenvalue weighted by atomic mass is 19.1. The average molecular weight is 423 g/mol. The summed E-state index contributed by atoms with van der Waals surface area (Å²) in [5.74, 6) is -3.91. The molecule has 1 saturated heterocycles. The van der Waals surface area contributed by atoms with Gasteiger partial charge in [0.2, 0.25) is 0 Å². The van der Waals surface area contributed by atoms with Gasteiger partial charge in [-0.05, 0) is 25.0 Å². The Labute approximate surface area is 176 Å². The summed E-state index contributed by atoms with van der Waals surface area (Å²) < 4.78 is 14.4. The molecule has 3 amide bonds. The predicted octanol–water partition coefficient (Wildman–Crippen LogP) is 3.24. The highest BCUT2D eigenvalue weighted by Gasteiger charge is 2.51. The van der Waals surface area contributed by atoms with Crippen molar-refractivity contribution in [1.29, 1.82) is 0 Å². The Hall–Kier alpha value is -3.88. The van der Waals surface area contributed by atoms with Gasteiger partial charge in [0.15, 0.2) is 0 Å². The largest absolute Gasteiger partial charge is 0.282 e. The van der Waals surface area contributed by atoms with Crippen molar-refractivity contribution in [2.45, 2.75) is 19.4 Å². The highest BCUT2D eigenvalue weighted by Crippen LogP contribution is 2.37. The molecule has 0 bridgehead atoms. The lowest BCUT2D eigenvalue weighted by Crippen LogP contribution is -2.50. The van der Waals surface area contributed by atoms with Gasteiger partial charge in [-0.25, -0.2) is 9.40 Å². The number of carbonyl (C=O) groups excluding carboxylic acids is 3. The van der Waals surface area contributed by atoms with E-state index in [1.165, 1.54) is 36.4 Å². The molecule has 0 radical (unpaired) electrons. The average Bonchev–Trinajstić information content (AvgIpc) is 3.03. The molecule has 0 saturated carbocycles. The van der Waals surface area contributed by atoms with Crippen molar-refractivity contribution in [3.63, 3.8) is 0 Å². The number of allylic oxidation sites excluding steroid dienone is 2. The molecule has 2 aromatic carbocycles. The molecular weight excluding hydrogens is 405 g/mol. The minimum absolute atomic E-state index is 0.0723. The number of rotatable bonds is 5. The molecule has 0 aromatic heterocycles. The second-order valence-electron chi connectivity index (χ2n) is 7.37. The predicted molar refractivity (Wildman–Crippen MR) is 107 cm³/mol. The van der Waals surface area contributed by atoms with E-state index in [2.05, 4.69) is 0 Å². The van der Waals surface area contributed by atoms with Crippen LogP contribution in [0.15, 0.2) is 60.7 Å². The third kappa shape index (κ3) is 3.58. The molecule has 1 fully saturated rings. The van der Waals surface area contributed by atoms with Gasteiger partial charge in [0, 0.05) is 11.6 Å². The lowest BCUT2D eigenvalue weighted by Gasteiger charge is -2.30. The first-order chi connectivity index (χ1) is 14.9. The minimum Gasteiger partial charge on any atom is -0.272 e. The van der Waals surface area contributed by atoms with Crippen molar-refractivity contribution in [2.75, 3.05) is 0 Å². The third-order valence-electron chi connectivity index (χ3n) is 5.57. The van der Waals surface area contributed by atoms with Gasteiger partial charge in [-0.15, -0.1) is 0 Å². The van der Waals surface area contributed by atoms with E-state index in [9.17, 15) is 28.9 Å². The van der Waals surface area contributed by atoms with E-state index < -0.39 is 52.5 Å². The van der Waals surface area contributed by atoms with Gasteiger partial charge < -0.3 is 0 Å². The molecule has 2 aliphatic rings. The Morgan fingerprint density at radius 1 is 1.03 bits per heavy atom. The molecular formula is C22H18FN3O5. The number of amides is 3. The molecule has 31 heavy (non-hydrogen) atoms. The zero-order chi connectivity index (χ0) is 22.1. The van der Waals surface area contributed by atoms with Gasteiger partial charge in [0.1, 0.15) is 11.4 Å². The molecule has 4 rings (SSSR count). The van der Waals surface area contributed by atoms with E-state index in [1.807, 2.05) is 0 Å². The first-order valence-electron chi connectivity index (χ1n) is 9.71. The van der Waals surface area contributed by atoms with Gasteiger partial charge in [-0.1, -0.05) is 42.5 Å². The van der Waals surface area contributed by atoms with Crippen LogP contribution in [0.4, 0.5) is 10.1 Å². The van der Waals surface area contributed by atoms with Gasteiger partial charge in [0.05, 0.1) is 23.3 Å². The summed E-state index contributed by atoms with van der Waals surface area (Å²) in [6, 6.07) is 10.9. The molecule has 2 atom stereocenters.